The summed E-state index contributed by atoms with van der Waals surface area (Å²) in [6.07, 6.45) is 1.25. The molecule has 0 unspecified atom stereocenters. The lowest BCUT2D eigenvalue weighted by Crippen LogP contribution is -2.45. The van der Waals surface area contributed by atoms with Crippen molar-refractivity contribution in [1.29, 1.82) is 0 Å². The van der Waals surface area contributed by atoms with Crippen molar-refractivity contribution in [3.05, 3.63) is 33.8 Å². The number of piperazine rings is 1. The van der Waals surface area contributed by atoms with E-state index >= 15 is 0 Å². The van der Waals surface area contributed by atoms with Crippen molar-refractivity contribution in [1.82, 2.24) is 9.80 Å². The summed E-state index contributed by atoms with van der Waals surface area (Å²) in [6, 6.07) is 7.47. The van der Waals surface area contributed by atoms with Gasteiger partial charge in [-0.15, -0.1) is 0 Å². The van der Waals surface area contributed by atoms with Gasteiger partial charge in [-0.3, -0.25) is 4.90 Å². The first-order valence-electron chi connectivity index (χ1n) is 7.20. The van der Waals surface area contributed by atoms with E-state index in [0.29, 0.717) is 11.5 Å². The van der Waals surface area contributed by atoms with Gasteiger partial charge >= 0.3 is 0 Å². The van der Waals surface area contributed by atoms with E-state index < -0.39 is 0 Å². The van der Waals surface area contributed by atoms with Crippen LogP contribution in [0.1, 0.15) is 37.4 Å². The number of hydrogen-bond donors (Lipinski definition) is 0. The van der Waals surface area contributed by atoms with Crippen molar-refractivity contribution in [2.75, 3.05) is 33.2 Å². The summed E-state index contributed by atoms with van der Waals surface area (Å²) in [5.74, 6) is 0. The molecular weight excluding hydrogens is 300 g/mol. The Bertz CT molecular complexity index is 476. The van der Waals surface area contributed by atoms with Crippen molar-refractivity contribution >= 4 is 15.9 Å². The lowest BCUT2D eigenvalue weighted by Gasteiger charge is -2.37. The summed E-state index contributed by atoms with van der Waals surface area (Å²) in [4.78, 5) is 5.11. The van der Waals surface area contributed by atoms with Crippen LogP contribution < -0.4 is 0 Å². The van der Waals surface area contributed by atoms with Crippen LogP contribution >= 0.6 is 15.9 Å². The second-order valence-electron chi connectivity index (χ2n) is 6.67. The molecule has 1 aliphatic carbocycles. The number of nitrogens with zero attached hydrogens (tertiary/aromatic N) is 2. The summed E-state index contributed by atoms with van der Waals surface area (Å²) < 4.78 is 1.21. The molecule has 2 aliphatic rings. The van der Waals surface area contributed by atoms with E-state index in [4.69, 9.17) is 0 Å². The topological polar surface area (TPSA) is 6.48 Å². The van der Waals surface area contributed by atoms with Gasteiger partial charge in [-0.1, -0.05) is 35.8 Å². The van der Waals surface area contributed by atoms with Crippen LogP contribution in [0.15, 0.2) is 22.7 Å². The van der Waals surface area contributed by atoms with E-state index in [1.807, 2.05) is 0 Å². The zero-order valence-electron chi connectivity index (χ0n) is 12.1. The Kier molecular flexibility index (Phi) is 3.48. The second-order valence-corrected chi connectivity index (χ2v) is 7.59. The van der Waals surface area contributed by atoms with Crippen LogP contribution in [0.25, 0.3) is 0 Å². The van der Waals surface area contributed by atoms with Crippen LogP contribution in [-0.4, -0.2) is 43.0 Å². The van der Waals surface area contributed by atoms with E-state index in [1.165, 1.54) is 42.6 Å². The maximum Gasteiger partial charge on any atom is 0.0360 e. The number of fused-ring (bicyclic) bond motifs is 1. The zero-order chi connectivity index (χ0) is 13.6. The molecule has 2 nitrogen and oxygen atoms in total. The Morgan fingerprint density at radius 1 is 1.16 bits per heavy atom. The molecule has 0 N–H and O–H groups in total. The third-order valence-corrected chi connectivity index (χ3v) is 5.28. The molecule has 3 heteroatoms. The molecule has 0 saturated carbocycles. The SMILES string of the molecule is CN1CCN([C@H]2CC(C)(C)c3cc(Br)ccc32)CC1. The van der Waals surface area contributed by atoms with Crippen molar-refractivity contribution in [2.45, 2.75) is 31.7 Å². The quantitative estimate of drug-likeness (QED) is 0.781. The van der Waals surface area contributed by atoms with Crippen molar-refractivity contribution in [3.8, 4) is 0 Å². The largest absolute Gasteiger partial charge is 0.304 e. The number of halogens is 1. The number of benzene rings is 1. The Labute approximate surface area is 124 Å². The van der Waals surface area contributed by atoms with Crippen LogP contribution in [0.3, 0.4) is 0 Å². The van der Waals surface area contributed by atoms with Gasteiger partial charge < -0.3 is 4.90 Å². The lowest BCUT2D eigenvalue weighted by atomic mass is 9.86. The molecule has 1 fully saturated rings. The number of likely N-dealkylation sites (N-methyl/N-ethyl adjacent to an activating group) is 1. The molecular formula is C16H23BrN2. The Hall–Kier alpha value is -0.380. The van der Waals surface area contributed by atoms with Gasteiger partial charge in [-0.25, -0.2) is 0 Å². The van der Waals surface area contributed by atoms with Crippen LogP contribution in [0, 0.1) is 0 Å². The average molecular weight is 323 g/mol. The first-order valence-corrected chi connectivity index (χ1v) is 7.99. The molecule has 1 saturated heterocycles. The highest BCUT2D eigenvalue weighted by Crippen LogP contribution is 2.48. The van der Waals surface area contributed by atoms with Crippen molar-refractivity contribution in [3.63, 3.8) is 0 Å². The highest BCUT2D eigenvalue weighted by molar-refractivity contribution is 9.10. The summed E-state index contributed by atoms with van der Waals surface area (Å²) >= 11 is 3.62. The van der Waals surface area contributed by atoms with E-state index in [1.54, 1.807) is 5.56 Å². The van der Waals surface area contributed by atoms with Gasteiger partial charge in [-0.2, -0.15) is 0 Å². The first-order chi connectivity index (χ1) is 8.97. The monoisotopic (exact) mass is 322 g/mol. The minimum Gasteiger partial charge on any atom is -0.304 e. The van der Waals surface area contributed by atoms with Gasteiger partial charge in [0.1, 0.15) is 0 Å². The minimum absolute atomic E-state index is 0.299. The maximum absolute atomic E-state index is 3.62. The van der Waals surface area contributed by atoms with Gasteiger partial charge in [0, 0.05) is 36.7 Å². The van der Waals surface area contributed by atoms with Crippen LogP contribution in [0.4, 0.5) is 0 Å². The predicted molar refractivity (Wildman–Crippen MR) is 83.6 cm³/mol. The molecule has 3 rings (SSSR count). The van der Waals surface area contributed by atoms with Crippen LogP contribution in [-0.2, 0) is 5.41 Å². The molecule has 0 aromatic heterocycles. The molecule has 19 heavy (non-hydrogen) atoms. The first kappa shape index (κ1) is 13.6. The van der Waals surface area contributed by atoms with Gasteiger partial charge in [0.2, 0.25) is 0 Å². The van der Waals surface area contributed by atoms with Crippen LogP contribution in [0.2, 0.25) is 0 Å². The van der Waals surface area contributed by atoms with Gasteiger partial charge in [-0.05, 0) is 42.1 Å². The molecule has 1 heterocycles. The van der Waals surface area contributed by atoms with E-state index in [2.05, 4.69) is 64.8 Å². The molecule has 0 amide bonds. The summed E-state index contributed by atoms with van der Waals surface area (Å²) in [6.45, 7) is 9.56. The Balaban J connectivity index is 1.90. The second kappa shape index (κ2) is 4.87. The van der Waals surface area contributed by atoms with Gasteiger partial charge in [0.15, 0.2) is 0 Å². The summed E-state index contributed by atoms with van der Waals surface area (Å²) in [5.41, 5.74) is 3.39. The summed E-state index contributed by atoms with van der Waals surface area (Å²) in [5, 5.41) is 0. The van der Waals surface area contributed by atoms with Gasteiger partial charge in [0.25, 0.3) is 0 Å². The molecule has 0 bridgehead atoms. The molecule has 1 atom stereocenters. The maximum atomic E-state index is 3.62. The normalized spacial score (nSPS) is 27.5. The van der Waals surface area contributed by atoms with E-state index in [9.17, 15) is 0 Å². The van der Waals surface area contributed by atoms with Gasteiger partial charge in [0.05, 0.1) is 0 Å². The average Bonchev–Trinajstić information content (AvgIpc) is 2.62. The molecule has 0 spiro atoms. The molecule has 104 valence electrons. The number of hydrogen-bond acceptors (Lipinski definition) is 2. The standard InChI is InChI=1S/C16H23BrN2/c1-16(2)11-15(19-8-6-18(3)7-9-19)13-5-4-12(17)10-14(13)16/h4-5,10,15H,6-9,11H2,1-3H3/t15-/m0/s1. The highest BCUT2D eigenvalue weighted by Gasteiger charge is 2.39. The van der Waals surface area contributed by atoms with Crippen molar-refractivity contribution < 1.29 is 0 Å². The smallest absolute Gasteiger partial charge is 0.0360 e. The van der Waals surface area contributed by atoms with E-state index in [-0.39, 0.29) is 0 Å². The van der Waals surface area contributed by atoms with Crippen molar-refractivity contribution in [2.24, 2.45) is 0 Å². The minimum atomic E-state index is 0.299. The summed E-state index contributed by atoms with van der Waals surface area (Å²) in [7, 11) is 2.22. The fraction of sp³-hybridized carbons (Fsp3) is 0.625. The predicted octanol–water partition coefficient (Wildman–Crippen LogP) is 3.42. The zero-order valence-corrected chi connectivity index (χ0v) is 13.7. The number of rotatable bonds is 1. The fourth-order valence-electron chi connectivity index (χ4n) is 3.57. The Morgan fingerprint density at radius 3 is 2.53 bits per heavy atom. The molecule has 1 aromatic carbocycles. The molecule has 0 radical (unpaired) electrons. The Morgan fingerprint density at radius 2 is 1.84 bits per heavy atom. The molecule has 1 aromatic rings. The van der Waals surface area contributed by atoms with Crippen LogP contribution in [0.5, 0.6) is 0 Å². The molecule has 1 aliphatic heterocycles. The lowest BCUT2D eigenvalue weighted by molar-refractivity contribution is 0.105. The fourth-order valence-corrected chi connectivity index (χ4v) is 3.93. The third kappa shape index (κ3) is 2.48. The third-order valence-electron chi connectivity index (χ3n) is 4.79. The highest BCUT2D eigenvalue weighted by atomic mass is 79.9. The van der Waals surface area contributed by atoms with E-state index in [0.717, 1.165) is 0 Å².